The summed E-state index contributed by atoms with van der Waals surface area (Å²) in [5, 5.41) is 4.02. The van der Waals surface area contributed by atoms with Crippen molar-refractivity contribution in [3.8, 4) is 11.4 Å². The van der Waals surface area contributed by atoms with Crippen LogP contribution >= 0.6 is 11.6 Å². The van der Waals surface area contributed by atoms with Gasteiger partial charge in [0.2, 0.25) is 0 Å². The summed E-state index contributed by atoms with van der Waals surface area (Å²) >= 11 is 6.44. The van der Waals surface area contributed by atoms with Crippen molar-refractivity contribution in [1.29, 1.82) is 0 Å². The minimum Gasteiger partial charge on any atom is -0.497 e. The number of nitrogens with zero attached hydrogens (tertiary/aromatic N) is 6. The van der Waals surface area contributed by atoms with Crippen LogP contribution in [0.15, 0.2) is 83.9 Å². The third-order valence-corrected chi connectivity index (χ3v) is 7.55. The van der Waals surface area contributed by atoms with Crippen molar-refractivity contribution in [2.75, 3.05) is 31.0 Å². The van der Waals surface area contributed by atoms with Gasteiger partial charge in [0.05, 0.1) is 41.4 Å². The number of aromatic nitrogens is 4. The number of methoxy groups -OCH3 is 1. The highest BCUT2D eigenvalue weighted by atomic mass is 35.5. The first-order valence-corrected chi connectivity index (χ1v) is 13.7. The molecule has 0 spiro atoms. The summed E-state index contributed by atoms with van der Waals surface area (Å²) in [6.45, 7) is 2.77. The Hall–Kier alpha value is -4.96. The molecule has 1 unspecified atom stereocenters. The van der Waals surface area contributed by atoms with E-state index < -0.39 is 6.04 Å². The van der Waals surface area contributed by atoms with E-state index >= 15 is 0 Å². The highest BCUT2D eigenvalue weighted by Gasteiger charge is 2.32. The summed E-state index contributed by atoms with van der Waals surface area (Å²) in [5.74, 6) is 1.89. The molecular weight excluding hydrogens is 554 g/mol. The van der Waals surface area contributed by atoms with Crippen molar-refractivity contribution in [2.45, 2.75) is 19.5 Å². The van der Waals surface area contributed by atoms with Crippen LogP contribution in [0.1, 0.15) is 34.7 Å². The smallest absolute Gasteiger partial charge is 0.267 e. The maximum atomic E-state index is 13.8. The molecule has 0 saturated heterocycles. The molecular formula is C31H28ClN7O3. The molecule has 1 aliphatic heterocycles. The van der Waals surface area contributed by atoms with Gasteiger partial charge in [-0.25, -0.2) is 15.0 Å². The monoisotopic (exact) mass is 581 g/mol. The van der Waals surface area contributed by atoms with Crippen molar-refractivity contribution in [2.24, 2.45) is 0 Å². The van der Waals surface area contributed by atoms with Gasteiger partial charge in [0.1, 0.15) is 35.1 Å². The number of hydrogen-bond donors (Lipinski definition) is 1. The second-order valence-corrected chi connectivity index (χ2v) is 10.5. The number of hydrogen-bond acceptors (Lipinski definition) is 8. The minimum absolute atomic E-state index is 0.204. The van der Waals surface area contributed by atoms with Crippen LogP contribution in [0, 0.1) is 0 Å². The predicted octanol–water partition coefficient (Wildman–Crippen LogP) is 5.06. The van der Waals surface area contributed by atoms with Crippen molar-refractivity contribution < 1.29 is 9.53 Å². The number of anilines is 2. The molecule has 1 aliphatic rings. The molecule has 1 N–H and O–H groups in total. The quantitative estimate of drug-likeness (QED) is 0.284. The lowest BCUT2D eigenvalue weighted by molar-refractivity contribution is 0.0781. The molecule has 11 heteroatoms. The molecule has 6 rings (SSSR count). The third kappa shape index (κ3) is 4.90. The molecule has 0 fully saturated rings. The number of fused-ring (bicyclic) bond motifs is 2. The van der Waals surface area contributed by atoms with Crippen molar-refractivity contribution >= 4 is 40.0 Å². The van der Waals surface area contributed by atoms with Gasteiger partial charge in [-0.1, -0.05) is 48.0 Å². The zero-order chi connectivity index (χ0) is 29.4. The molecule has 212 valence electrons. The highest BCUT2D eigenvalue weighted by Crippen LogP contribution is 2.32. The molecule has 0 bridgehead atoms. The second-order valence-electron chi connectivity index (χ2n) is 10.1. The average molecular weight is 582 g/mol. The van der Waals surface area contributed by atoms with E-state index in [0.717, 1.165) is 11.3 Å². The van der Waals surface area contributed by atoms with Crippen molar-refractivity contribution in [3.05, 3.63) is 111 Å². The number of halogens is 1. The molecule has 1 atom stereocenters. The van der Waals surface area contributed by atoms with Crippen LogP contribution in [0.2, 0.25) is 5.02 Å². The molecule has 0 saturated carbocycles. The molecule has 10 nitrogen and oxygen atoms in total. The first-order valence-electron chi connectivity index (χ1n) is 13.4. The Labute approximate surface area is 247 Å². The number of carbonyl (C=O) groups excluding carboxylic acids is 1. The summed E-state index contributed by atoms with van der Waals surface area (Å²) in [7, 11) is 3.37. The maximum Gasteiger partial charge on any atom is 0.267 e. The maximum absolute atomic E-state index is 13.8. The molecule has 0 radical (unpaired) electrons. The van der Waals surface area contributed by atoms with Crippen LogP contribution in [0.3, 0.4) is 0 Å². The third-order valence-electron chi connectivity index (χ3n) is 7.23. The van der Waals surface area contributed by atoms with Crippen LogP contribution in [0.5, 0.6) is 5.75 Å². The van der Waals surface area contributed by atoms with Crippen LogP contribution < -0.4 is 20.5 Å². The molecule has 1 amide bonds. The number of benzene rings is 3. The number of rotatable bonds is 7. The Bertz CT molecular complexity index is 1840. The van der Waals surface area contributed by atoms with Gasteiger partial charge in [0, 0.05) is 13.6 Å². The Morgan fingerprint density at radius 3 is 2.50 bits per heavy atom. The number of amides is 1. The van der Waals surface area contributed by atoms with Crippen molar-refractivity contribution in [1.82, 2.24) is 24.4 Å². The predicted molar refractivity (Wildman–Crippen MR) is 163 cm³/mol. The first kappa shape index (κ1) is 27.2. The lowest BCUT2D eigenvalue weighted by atomic mass is 10.1. The Balaban J connectivity index is 1.41. The summed E-state index contributed by atoms with van der Waals surface area (Å²) in [4.78, 5) is 44.8. The van der Waals surface area contributed by atoms with E-state index in [9.17, 15) is 9.59 Å². The molecule has 0 aliphatic carbocycles. The van der Waals surface area contributed by atoms with Gasteiger partial charge in [-0.15, -0.1) is 0 Å². The van der Waals surface area contributed by atoms with Gasteiger partial charge in [0.15, 0.2) is 0 Å². The van der Waals surface area contributed by atoms with Gasteiger partial charge >= 0.3 is 0 Å². The summed E-state index contributed by atoms with van der Waals surface area (Å²) < 4.78 is 6.83. The minimum atomic E-state index is -0.532. The number of para-hydroxylation sites is 1. The van der Waals surface area contributed by atoms with E-state index in [1.165, 1.54) is 6.33 Å². The molecule has 3 aromatic carbocycles. The zero-order valence-corrected chi connectivity index (χ0v) is 24.0. The summed E-state index contributed by atoms with van der Waals surface area (Å²) in [6.07, 6.45) is 1.44. The van der Waals surface area contributed by atoms with E-state index in [4.69, 9.17) is 21.3 Å². The molecule has 2 aromatic heterocycles. The number of ether oxygens (including phenoxy) is 1. The standard InChI is InChI=1S/C31H28ClN7O3/c1-19(28-36-24-11-7-10-23(32)25(24)31(41)39(28)21-8-5-4-6-9-21)35-27-26-29(34-17-33-27)38(18-37(2)30(26)40)16-20-12-14-22(42-3)15-13-20/h4-15,17,19H,16,18H2,1-3H3,(H,33,34,35). The van der Waals surface area contributed by atoms with Gasteiger partial charge in [-0.2, -0.15) is 0 Å². The van der Waals surface area contributed by atoms with E-state index in [1.54, 1.807) is 41.8 Å². The van der Waals surface area contributed by atoms with Gasteiger partial charge in [-0.05, 0) is 48.9 Å². The normalized spacial score (nSPS) is 13.7. The lowest BCUT2D eigenvalue weighted by Gasteiger charge is -2.36. The summed E-state index contributed by atoms with van der Waals surface area (Å²) in [5.41, 5.74) is 2.23. The van der Waals surface area contributed by atoms with E-state index in [0.29, 0.717) is 57.8 Å². The topological polar surface area (TPSA) is 105 Å². The fraction of sp³-hybridized carbons (Fsp3) is 0.194. The number of carbonyl (C=O) groups is 1. The number of nitrogens with one attached hydrogen (secondary N) is 1. The highest BCUT2D eigenvalue weighted by molar-refractivity contribution is 6.35. The van der Waals surface area contributed by atoms with Crippen LogP contribution in [0.4, 0.5) is 11.6 Å². The summed E-state index contributed by atoms with van der Waals surface area (Å²) in [6, 6.07) is 21.7. The Morgan fingerprint density at radius 1 is 1.00 bits per heavy atom. The fourth-order valence-corrected chi connectivity index (χ4v) is 5.42. The first-order chi connectivity index (χ1) is 20.4. The molecule has 5 aromatic rings. The Morgan fingerprint density at radius 2 is 1.76 bits per heavy atom. The van der Waals surface area contributed by atoms with Gasteiger partial charge in [-0.3, -0.25) is 14.2 Å². The SMILES string of the molecule is COc1ccc(CN2CN(C)C(=O)c3c(NC(C)c4nc5cccc(Cl)c5c(=O)n4-c4ccccc4)ncnc32)cc1. The lowest BCUT2D eigenvalue weighted by Crippen LogP contribution is -2.45. The van der Waals surface area contributed by atoms with E-state index in [2.05, 4.69) is 15.3 Å². The second kappa shape index (κ2) is 11.1. The van der Waals surface area contributed by atoms with E-state index in [-0.39, 0.29) is 11.5 Å². The van der Waals surface area contributed by atoms with Crippen LogP contribution in [0.25, 0.3) is 16.6 Å². The largest absolute Gasteiger partial charge is 0.497 e. The molecule has 3 heterocycles. The fourth-order valence-electron chi connectivity index (χ4n) is 5.17. The Kier molecular flexibility index (Phi) is 7.22. The zero-order valence-electron chi connectivity index (χ0n) is 23.3. The van der Waals surface area contributed by atoms with Crippen LogP contribution in [-0.4, -0.2) is 51.2 Å². The van der Waals surface area contributed by atoms with Crippen molar-refractivity contribution in [3.63, 3.8) is 0 Å². The molecule has 42 heavy (non-hydrogen) atoms. The average Bonchev–Trinajstić information content (AvgIpc) is 3.00. The van der Waals surface area contributed by atoms with Crippen LogP contribution in [-0.2, 0) is 6.54 Å². The van der Waals surface area contributed by atoms with Gasteiger partial charge in [0.25, 0.3) is 11.5 Å². The van der Waals surface area contributed by atoms with Gasteiger partial charge < -0.3 is 19.9 Å². The van der Waals surface area contributed by atoms with E-state index in [1.807, 2.05) is 66.4 Å².